The third-order valence-corrected chi connectivity index (χ3v) is 2.68. The van der Waals surface area contributed by atoms with Crippen LogP contribution >= 0.6 is 15.9 Å². The summed E-state index contributed by atoms with van der Waals surface area (Å²) in [6, 6.07) is 4.06. The SMILES string of the molecule is Cc1ccc([C@H](O)C(F)(F)F)cc1Br. The van der Waals surface area contributed by atoms with Gasteiger partial charge in [-0.2, -0.15) is 13.2 Å². The fourth-order valence-electron chi connectivity index (χ4n) is 0.968. The van der Waals surface area contributed by atoms with E-state index >= 15 is 0 Å². The first kappa shape index (κ1) is 11.5. The third-order valence-electron chi connectivity index (χ3n) is 1.82. The predicted molar refractivity (Wildman–Crippen MR) is 49.9 cm³/mol. The number of hydrogen-bond acceptors (Lipinski definition) is 1. The van der Waals surface area contributed by atoms with Gasteiger partial charge in [0.1, 0.15) is 0 Å². The summed E-state index contributed by atoms with van der Waals surface area (Å²) >= 11 is 3.10. The molecule has 0 aliphatic rings. The molecule has 0 heterocycles. The summed E-state index contributed by atoms with van der Waals surface area (Å²) in [6.45, 7) is 1.76. The molecular formula is C9H8BrF3O. The Balaban J connectivity index is 3.03. The lowest BCUT2D eigenvalue weighted by atomic mass is 10.1. The Hall–Kier alpha value is -0.550. The number of aliphatic hydroxyl groups is 1. The highest BCUT2D eigenvalue weighted by atomic mass is 79.9. The number of aliphatic hydroxyl groups excluding tert-OH is 1. The van der Waals surface area contributed by atoms with E-state index in [1.807, 2.05) is 0 Å². The van der Waals surface area contributed by atoms with Crippen LogP contribution in [0.25, 0.3) is 0 Å². The van der Waals surface area contributed by atoms with Crippen molar-refractivity contribution < 1.29 is 18.3 Å². The number of benzene rings is 1. The van der Waals surface area contributed by atoms with Crippen molar-refractivity contribution in [1.82, 2.24) is 0 Å². The predicted octanol–water partition coefficient (Wildman–Crippen LogP) is 3.35. The number of alkyl halides is 3. The third kappa shape index (κ3) is 2.48. The summed E-state index contributed by atoms with van der Waals surface area (Å²) in [7, 11) is 0. The van der Waals surface area contributed by atoms with E-state index in [-0.39, 0.29) is 5.56 Å². The lowest BCUT2D eigenvalue weighted by molar-refractivity contribution is -0.206. The highest BCUT2D eigenvalue weighted by Gasteiger charge is 2.39. The Labute approximate surface area is 87.7 Å². The van der Waals surface area contributed by atoms with Crippen molar-refractivity contribution in [2.45, 2.75) is 19.2 Å². The van der Waals surface area contributed by atoms with Crippen LogP contribution in [0.2, 0.25) is 0 Å². The molecule has 1 N–H and O–H groups in total. The maximum atomic E-state index is 12.1. The summed E-state index contributed by atoms with van der Waals surface area (Å²) < 4.78 is 36.9. The highest BCUT2D eigenvalue weighted by molar-refractivity contribution is 9.10. The zero-order valence-electron chi connectivity index (χ0n) is 7.27. The van der Waals surface area contributed by atoms with Gasteiger partial charge in [0.15, 0.2) is 6.10 Å². The molecule has 1 aromatic carbocycles. The second kappa shape index (κ2) is 3.90. The molecule has 5 heteroatoms. The van der Waals surface area contributed by atoms with E-state index in [9.17, 15) is 13.2 Å². The fraction of sp³-hybridized carbons (Fsp3) is 0.333. The summed E-state index contributed by atoms with van der Waals surface area (Å²) in [4.78, 5) is 0. The average molecular weight is 269 g/mol. The summed E-state index contributed by atoms with van der Waals surface area (Å²) in [5.74, 6) is 0. The minimum atomic E-state index is -4.62. The minimum absolute atomic E-state index is 0.157. The smallest absolute Gasteiger partial charge is 0.379 e. The molecular weight excluding hydrogens is 261 g/mol. The van der Waals surface area contributed by atoms with Gasteiger partial charge in [-0.1, -0.05) is 28.1 Å². The van der Waals surface area contributed by atoms with E-state index < -0.39 is 12.3 Å². The van der Waals surface area contributed by atoms with Crippen LogP contribution in [0.5, 0.6) is 0 Å². The summed E-state index contributed by atoms with van der Waals surface area (Å²) in [5.41, 5.74) is 0.665. The summed E-state index contributed by atoms with van der Waals surface area (Å²) in [6.07, 6.45) is -7.03. The molecule has 0 unspecified atom stereocenters. The molecule has 0 saturated heterocycles. The van der Waals surface area contributed by atoms with Gasteiger partial charge in [0.2, 0.25) is 0 Å². The minimum Gasteiger partial charge on any atom is -0.379 e. The van der Waals surface area contributed by atoms with Gasteiger partial charge < -0.3 is 5.11 Å². The molecule has 0 fully saturated rings. The molecule has 78 valence electrons. The van der Waals surface area contributed by atoms with E-state index in [1.54, 1.807) is 6.92 Å². The van der Waals surface area contributed by atoms with Gasteiger partial charge >= 0.3 is 6.18 Å². The normalized spacial score (nSPS) is 14.1. The Morgan fingerprint density at radius 3 is 2.36 bits per heavy atom. The highest BCUT2D eigenvalue weighted by Crippen LogP contribution is 2.33. The van der Waals surface area contributed by atoms with E-state index in [0.717, 1.165) is 5.56 Å². The van der Waals surface area contributed by atoms with Gasteiger partial charge in [0.25, 0.3) is 0 Å². The number of rotatable bonds is 1. The van der Waals surface area contributed by atoms with Crippen molar-refractivity contribution in [3.05, 3.63) is 33.8 Å². The van der Waals surface area contributed by atoms with Gasteiger partial charge in [-0.25, -0.2) is 0 Å². The maximum Gasteiger partial charge on any atom is 0.418 e. The van der Waals surface area contributed by atoms with Crippen molar-refractivity contribution >= 4 is 15.9 Å². The molecule has 0 aromatic heterocycles. The van der Waals surface area contributed by atoms with Gasteiger partial charge in [0, 0.05) is 4.47 Å². The van der Waals surface area contributed by atoms with Crippen molar-refractivity contribution in [2.75, 3.05) is 0 Å². The monoisotopic (exact) mass is 268 g/mol. The topological polar surface area (TPSA) is 20.2 Å². The van der Waals surface area contributed by atoms with Crippen LogP contribution in [0.1, 0.15) is 17.2 Å². The van der Waals surface area contributed by atoms with Crippen LogP contribution in [0, 0.1) is 6.92 Å². The Morgan fingerprint density at radius 1 is 1.36 bits per heavy atom. The lowest BCUT2D eigenvalue weighted by Gasteiger charge is -2.15. The van der Waals surface area contributed by atoms with Crippen LogP contribution in [-0.2, 0) is 0 Å². The van der Waals surface area contributed by atoms with Crippen LogP contribution in [0.15, 0.2) is 22.7 Å². The fourth-order valence-corrected chi connectivity index (χ4v) is 1.36. The van der Waals surface area contributed by atoms with E-state index in [1.165, 1.54) is 18.2 Å². The van der Waals surface area contributed by atoms with E-state index in [4.69, 9.17) is 5.11 Å². The van der Waals surface area contributed by atoms with Gasteiger partial charge in [-0.15, -0.1) is 0 Å². The molecule has 1 nitrogen and oxygen atoms in total. The first-order valence-corrected chi connectivity index (χ1v) is 4.62. The molecule has 0 bridgehead atoms. The summed E-state index contributed by atoms with van der Waals surface area (Å²) in [5, 5.41) is 8.93. The van der Waals surface area contributed by atoms with Crippen LogP contribution < -0.4 is 0 Å². The average Bonchev–Trinajstić information content (AvgIpc) is 2.07. The molecule has 0 amide bonds. The van der Waals surface area contributed by atoms with Crippen molar-refractivity contribution in [2.24, 2.45) is 0 Å². The molecule has 1 rings (SSSR count). The second-order valence-corrected chi connectivity index (χ2v) is 3.81. The van der Waals surface area contributed by atoms with Crippen LogP contribution in [-0.4, -0.2) is 11.3 Å². The standard InChI is InChI=1S/C9H8BrF3O/c1-5-2-3-6(4-7(5)10)8(14)9(11,12)13/h2-4,8,14H,1H3/t8-/m0/s1. The van der Waals surface area contributed by atoms with Crippen LogP contribution in [0.3, 0.4) is 0 Å². The van der Waals surface area contributed by atoms with E-state index in [2.05, 4.69) is 15.9 Å². The number of hydrogen-bond donors (Lipinski definition) is 1. The first-order valence-electron chi connectivity index (χ1n) is 3.83. The van der Waals surface area contributed by atoms with Gasteiger partial charge in [-0.05, 0) is 24.1 Å². The molecule has 1 aromatic rings. The molecule has 14 heavy (non-hydrogen) atoms. The molecule has 0 aliphatic carbocycles. The van der Waals surface area contributed by atoms with Crippen LogP contribution in [0.4, 0.5) is 13.2 Å². The number of aryl methyl sites for hydroxylation is 1. The molecule has 0 spiro atoms. The van der Waals surface area contributed by atoms with Gasteiger partial charge in [-0.3, -0.25) is 0 Å². The largest absolute Gasteiger partial charge is 0.418 e. The number of halogens is 4. The van der Waals surface area contributed by atoms with Crippen molar-refractivity contribution in [3.63, 3.8) is 0 Å². The zero-order valence-corrected chi connectivity index (χ0v) is 8.85. The molecule has 0 radical (unpaired) electrons. The van der Waals surface area contributed by atoms with Crippen molar-refractivity contribution in [3.8, 4) is 0 Å². The molecule has 0 aliphatic heterocycles. The Bertz CT molecular complexity index is 335. The van der Waals surface area contributed by atoms with E-state index in [0.29, 0.717) is 4.47 Å². The first-order chi connectivity index (χ1) is 6.32. The Kier molecular flexibility index (Phi) is 3.21. The zero-order chi connectivity index (χ0) is 10.9. The lowest BCUT2D eigenvalue weighted by Crippen LogP contribution is -2.20. The van der Waals surface area contributed by atoms with Crippen molar-refractivity contribution in [1.29, 1.82) is 0 Å². The second-order valence-electron chi connectivity index (χ2n) is 2.95. The quantitative estimate of drug-likeness (QED) is 0.828. The maximum absolute atomic E-state index is 12.1. The molecule has 0 saturated carbocycles. The molecule has 1 atom stereocenters. The van der Waals surface area contributed by atoms with Gasteiger partial charge in [0.05, 0.1) is 0 Å². The Morgan fingerprint density at radius 2 is 1.93 bits per heavy atom.